The predicted octanol–water partition coefficient (Wildman–Crippen LogP) is 3.86. The van der Waals surface area contributed by atoms with Crippen LogP contribution in [-0.4, -0.2) is 43.1 Å². The van der Waals surface area contributed by atoms with Gasteiger partial charge in [0.2, 0.25) is 0 Å². The van der Waals surface area contributed by atoms with E-state index in [2.05, 4.69) is 5.32 Å². The van der Waals surface area contributed by atoms with Gasteiger partial charge in [0, 0.05) is 25.2 Å². The lowest BCUT2D eigenvalue weighted by molar-refractivity contribution is 0.0677. The maximum absolute atomic E-state index is 14.7. The summed E-state index contributed by atoms with van der Waals surface area (Å²) in [6, 6.07) is 13.4. The first-order chi connectivity index (χ1) is 13.0. The molecule has 3 atom stereocenters. The monoisotopic (exact) mass is 368 g/mol. The molecule has 2 aromatic rings. The van der Waals surface area contributed by atoms with Crippen molar-refractivity contribution in [2.45, 2.75) is 43.8 Å². The normalized spacial score (nSPS) is 23.9. The van der Waals surface area contributed by atoms with E-state index in [9.17, 15) is 9.18 Å². The Kier molecular flexibility index (Phi) is 4.87. The van der Waals surface area contributed by atoms with E-state index in [1.165, 1.54) is 18.9 Å². The maximum Gasteiger partial charge on any atom is 0.256 e. The molecule has 4 nitrogen and oxygen atoms in total. The second-order valence-electron chi connectivity index (χ2n) is 7.60. The van der Waals surface area contributed by atoms with E-state index in [-0.39, 0.29) is 17.5 Å². The van der Waals surface area contributed by atoms with Gasteiger partial charge in [0.25, 0.3) is 5.91 Å². The number of fused-ring (bicyclic) bond motifs is 2. The van der Waals surface area contributed by atoms with Gasteiger partial charge in [-0.05, 0) is 61.1 Å². The van der Waals surface area contributed by atoms with Crippen LogP contribution >= 0.6 is 0 Å². The van der Waals surface area contributed by atoms with Gasteiger partial charge in [-0.25, -0.2) is 4.39 Å². The Morgan fingerprint density at radius 2 is 1.70 bits per heavy atom. The summed E-state index contributed by atoms with van der Waals surface area (Å²) in [7, 11) is 3.41. The van der Waals surface area contributed by atoms with Gasteiger partial charge >= 0.3 is 0 Å². The summed E-state index contributed by atoms with van der Waals surface area (Å²) in [5.74, 6) is 0.0424. The Bertz CT molecular complexity index is 825. The number of amides is 1. The van der Waals surface area contributed by atoms with Crippen LogP contribution < -0.4 is 10.1 Å². The van der Waals surface area contributed by atoms with Crippen molar-refractivity contribution < 1.29 is 13.9 Å². The topological polar surface area (TPSA) is 41.6 Å². The lowest BCUT2D eigenvalue weighted by atomic mass is 9.97. The van der Waals surface area contributed by atoms with E-state index >= 15 is 0 Å². The third-order valence-electron chi connectivity index (χ3n) is 5.94. The Labute approximate surface area is 159 Å². The number of rotatable bonds is 4. The number of hydrogen-bond acceptors (Lipinski definition) is 3. The zero-order chi connectivity index (χ0) is 19.0. The summed E-state index contributed by atoms with van der Waals surface area (Å²) in [5.41, 5.74) is 1.77. The molecule has 0 radical (unpaired) electrons. The molecular formula is C22H25FN2O2. The lowest BCUT2D eigenvalue weighted by Gasteiger charge is -2.35. The van der Waals surface area contributed by atoms with E-state index in [1.807, 2.05) is 24.3 Å². The largest absolute Gasteiger partial charge is 0.497 e. The zero-order valence-electron chi connectivity index (χ0n) is 15.7. The van der Waals surface area contributed by atoms with E-state index in [4.69, 9.17) is 4.74 Å². The summed E-state index contributed by atoms with van der Waals surface area (Å²) in [6.07, 6.45) is 4.25. The quantitative estimate of drug-likeness (QED) is 0.891. The van der Waals surface area contributed by atoms with Crippen LogP contribution in [0.1, 0.15) is 36.0 Å². The van der Waals surface area contributed by atoms with E-state index < -0.39 is 5.82 Å². The van der Waals surface area contributed by atoms with Gasteiger partial charge < -0.3 is 15.0 Å². The number of benzene rings is 2. The van der Waals surface area contributed by atoms with Crippen molar-refractivity contribution in [3.8, 4) is 16.9 Å². The van der Waals surface area contributed by atoms with Crippen molar-refractivity contribution in [3.63, 3.8) is 0 Å². The molecule has 1 unspecified atom stereocenters. The first-order valence-corrected chi connectivity index (χ1v) is 9.52. The Balaban J connectivity index is 1.52. The predicted molar refractivity (Wildman–Crippen MR) is 103 cm³/mol. The van der Waals surface area contributed by atoms with Crippen molar-refractivity contribution in [1.82, 2.24) is 10.2 Å². The number of piperidine rings is 1. The van der Waals surface area contributed by atoms with Crippen LogP contribution in [-0.2, 0) is 0 Å². The van der Waals surface area contributed by atoms with Crippen LogP contribution in [0.25, 0.3) is 11.1 Å². The fraction of sp³-hybridized carbons (Fsp3) is 0.409. The average Bonchev–Trinajstić information content (AvgIpc) is 3.04. The molecule has 27 heavy (non-hydrogen) atoms. The summed E-state index contributed by atoms with van der Waals surface area (Å²) < 4.78 is 19.9. The van der Waals surface area contributed by atoms with Crippen LogP contribution in [0.3, 0.4) is 0 Å². The Morgan fingerprint density at radius 3 is 2.30 bits per heavy atom. The van der Waals surface area contributed by atoms with E-state index in [0.717, 1.165) is 29.7 Å². The van der Waals surface area contributed by atoms with Gasteiger partial charge in [-0.15, -0.1) is 0 Å². The standard InChI is InChI=1S/C22H25FN2O2/c1-25(18-12-16-6-7-17(13-18)24-16)22(26)20-10-5-15(11-21(20)23)14-3-8-19(27-2)9-4-14/h3-5,8-11,16-18,24H,6-7,12-13H2,1-2H3/t16-,17+,18?. The van der Waals surface area contributed by atoms with Crippen LogP contribution in [0.4, 0.5) is 4.39 Å². The molecule has 0 aliphatic carbocycles. The molecule has 2 aromatic carbocycles. The summed E-state index contributed by atoms with van der Waals surface area (Å²) in [4.78, 5) is 14.6. The summed E-state index contributed by atoms with van der Waals surface area (Å²) >= 11 is 0. The first kappa shape index (κ1) is 18.0. The van der Waals surface area contributed by atoms with Gasteiger partial charge in [-0.2, -0.15) is 0 Å². The van der Waals surface area contributed by atoms with Crippen LogP contribution in [0.5, 0.6) is 5.75 Å². The molecule has 2 heterocycles. The molecule has 2 aliphatic rings. The molecule has 4 rings (SSSR count). The summed E-state index contributed by atoms with van der Waals surface area (Å²) in [6.45, 7) is 0. The number of nitrogens with zero attached hydrogens (tertiary/aromatic N) is 1. The molecule has 0 saturated carbocycles. The fourth-order valence-electron chi connectivity index (χ4n) is 4.35. The van der Waals surface area contributed by atoms with Crippen molar-refractivity contribution in [1.29, 1.82) is 0 Å². The first-order valence-electron chi connectivity index (χ1n) is 9.52. The fourth-order valence-corrected chi connectivity index (χ4v) is 4.35. The molecular weight excluding hydrogens is 343 g/mol. The van der Waals surface area contributed by atoms with Crippen molar-refractivity contribution in [3.05, 3.63) is 53.8 Å². The molecule has 2 saturated heterocycles. The molecule has 5 heteroatoms. The van der Waals surface area contributed by atoms with Crippen LogP contribution in [0.2, 0.25) is 0 Å². The van der Waals surface area contributed by atoms with Gasteiger partial charge in [0.05, 0.1) is 12.7 Å². The number of methoxy groups -OCH3 is 1. The number of carbonyl (C=O) groups excluding carboxylic acids is 1. The highest BCUT2D eigenvalue weighted by Crippen LogP contribution is 2.30. The Morgan fingerprint density at radius 1 is 1.07 bits per heavy atom. The summed E-state index contributed by atoms with van der Waals surface area (Å²) in [5, 5.41) is 3.58. The molecule has 142 valence electrons. The second-order valence-corrected chi connectivity index (χ2v) is 7.60. The van der Waals surface area contributed by atoms with Gasteiger partial charge in [-0.3, -0.25) is 4.79 Å². The van der Waals surface area contributed by atoms with Gasteiger partial charge in [0.15, 0.2) is 0 Å². The minimum Gasteiger partial charge on any atom is -0.497 e. The highest BCUT2D eigenvalue weighted by Gasteiger charge is 2.36. The molecule has 1 N–H and O–H groups in total. The average molecular weight is 368 g/mol. The van der Waals surface area contributed by atoms with E-state index in [1.54, 1.807) is 31.2 Å². The highest BCUT2D eigenvalue weighted by molar-refractivity contribution is 5.95. The number of carbonyl (C=O) groups is 1. The molecule has 1 amide bonds. The third kappa shape index (κ3) is 3.56. The van der Waals surface area contributed by atoms with Gasteiger partial charge in [0.1, 0.15) is 11.6 Å². The number of hydrogen-bond donors (Lipinski definition) is 1. The second kappa shape index (κ2) is 7.31. The van der Waals surface area contributed by atoms with Crippen LogP contribution in [0.15, 0.2) is 42.5 Å². The molecule has 0 aromatic heterocycles. The van der Waals surface area contributed by atoms with Crippen molar-refractivity contribution in [2.24, 2.45) is 0 Å². The number of nitrogens with one attached hydrogen (secondary N) is 1. The van der Waals surface area contributed by atoms with Crippen LogP contribution in [0, 0.1) is 5.82 Å². The number of halogens is 1. The molecule has 2 fully saturated rings. The van der Waals surface area contributed by atoms with Crippen molar-refractivity contribution in [2.75, 3.05) is 14.2 Å². The minimum absolute atomic E-state index is 0.139. The minimum atomic E-state index is -0.475. The lowest BCUT2D eigenvalue weighted by Crippen LogP contribution is -2.48. The van der Waals surface area contributed by atoms with E-state index in [0.29, 0.717) is 12.1 Å². The Hall–Kier alpha value is -2.40. The zero-order valence-corrected chi connectivity index (χ0v) is 15.7. The molecule has 0 spiro atoms. The number of ether oxygens (including phenoxy) is 1. The SMILES string of the molecule is COc1ccc(-c2ccc(C(=O)N(C)C3C[C@H]4CC[C@@H](C3)N4)c(F)c2)cc1. The van der Waals surface area contributed by atoms with Gasteiger partial charge in [-0.1, -0.05) is 18.2 Å². The third-order valence-corrected chi connectivity index (χ3v) is 5.94. The smallest absolute Gasteiger partial charge is 0.256 e. The molecule has 2 bridgehead atoms. The maximum atomic E-state index is 14.7. The molecule has 2 aliphatic heterocycles. The van der Waals surface area contributed by atoms with Crippen molar-refractivity contribution >= 4 is 5.91 Å². The highest BCUT2D eigenvalue weighted by atomic mass is 19.1.